The molecule has 0 aliphatic carbocycles. The molecule has 0 spiro atoms. The highest BCUT2D eigenvalue weighted by atomic mass is 16.5. The number of amides is 2. The van der Waals surface area contributed by atoms with E-state index in [1.165, 1.54) is 20.3 Å². The number of nitrogens with one attached hydrogen (secondary N) is 2. The zero-order valence-corrected chi connectivity index (χ0v) is 14.0. The third-order valence-corrected chi connectivity index (χ3v) is 2.99. The van der Waals surface area contributed by atoms with E-state index in [9.17, 15) is 9.59 Å². The Kier molecular flexibility index (Phi) is 7.66. The quantitative estimate of drug-likeness (QED) is 0.565. The second kappa shape index (κ2) is 9.50. The summed E-state index contributed by atoms with van der Waals surface area (Å²) in [5.41, 5.74) is 0.466. The minimum atomic E-state index is -0.238. The Hall–Kier alpha value is -2.50. The highest BCUT2D eigenvalue weighted by molar-refractivity contribution is 5.95. The minimum absolute atomic E-state index is 0.168. The van der Waals surface area contributed by atoms with Gasteiger partial charge in [0.05, 0.1) is 14.2 Å². The van der Waals surface area contributed by atoms with Crippen LogP contribution >= 0.6 is 0 Å². The molecular weight excluding hydrogens is 296 g/mol. The number of hydrogen-bond donors (Lipinski definition) is 2. The SMILES string of the molecule is COc1ccc(C(=O)NCCNC(=O)/C=C/C(C)C)cc1OC. The minimum Gasteiger partial charge on any atom is -0.493 e. The molecular formula is C17H24N2O4. The zero-order chi connectivity index (χ0) is 17.2. The van der Waals surface area contributed by atoms with E-state index in [2.05, 4.69) is 10.6 Å². The molecule has 0 atom stereocenters. The van der Waals surface area contributed by atoms with Gasteiger partial charge in [0.15, 0.2) is 11.5 Å². The van der Waals surface area contributed by atoms with E-state index in [0.717, 1.165) is 0 Å². The van der Waals surface area contributed by atoms with Crippen LogP contribution in [0.1, 0.15) is 24.2 Å². The number of hydrogen-bond acceptors (Lipinski definition) is 4. The van der Waals surface area contributed by atoms with E-state index < -0.39 is 0 Å². The number of allylic oxidation sites excluding steroid dienone is 1. The van der Waals surface area contributed by atoms with E-state index in [1.807, 2.05) is 19.9 Å². The lowest BCUT2D eigenvalue weighted by molar-refractivity contribution is -0.116. The lowest BCUT2D eigenvalue weighted by atomic mass is 10.2. The molecule has 1 rings (SSSR count). The fraction of sp³-hybridized carbons (Fsp3) is 0.412. The summed E-state index contributed by atoms with van der Waals surface area (Å²) in [6, 6.07) is 4.94. The van der Waals surface area contributed by atoms with Gasteiger partial charge < -0.3 is 20.1 Å². The number of methoxy groups -OCH3 is 2. The Morgan fingerprint density at radius 1 is 1.09 bits per heavy atom. The lowest BCUT2D eigenvalue weighted by Crippen LogP contribution is -2.34. The van der Waals surface area contributed by atoms with E-state index in [1.54, 1.807) is 18.2 Å². The summed E-state index contributed by atoms with van der Waals surface area (Å²) in [7, 11) is 3.05. The van der Waals surface area contributed by atoms with E-state index in [-0.39, 0.29) is 11.8 Å². The molecule has 0 unspecified atom stereocenters. The molecule has 1 aromatic carbocycles. The Bertz CT molecular complexity index is 568. The van der Waals surface area contributed by atoms with Crippen LogP contribution in [0.25, 0.3) is 0 Å². The Balaban J connectivity index is 2.44. The molecule has 0 bridgehead atoms. The van der Waals surface area contributed by atoms with Crippen molar-refractivity contribution in [2.45, 2.75) is 13.8 Å². The molecule has 126 valence electrons. The van der Waals surface area contributed by atoms with Gasteiger partial charge in [-0.3, -0.25) is 9.59 Å². The largest absolute Gasteiger partial charge is 0.493 e. The Morgan fingerprint density at radius 2 is 1.74 bits per heavy atom. The van der Waals surface area contributed by atoms with Gasteiger partial charge in [-0.05, 0) is 30.2 Å². The number of rotatable bonds is 8. The summed E-state index contributed by atoms with van der Waals surface area (Å²) in [6.07, 6.45) is 3.32. The van der Waals surface area contributed by atoms with Gasteiger partial charge >= 0.3 is 0 Å². The monoisotopic (exact) mass is 320 g/mol. The van der Waals surface area contributed by atoms with Crippen LogP contribution in [0.15, 0.2) is 30.4 Å². The van der Waals surface area contributed by atoms with Crippen LogP contribution in [0, 0.1) is 5.92 Å². The van der Waals surface area contributed by atoms with Gasteiger partial charge in [-0.2, -0.15) is 0 Å². The molecule has 0 heterocycles. The average molecular weight is 320 g/mol. The van der Waals surface area contributed by atoms with Crippen LogP contribution in [-0.4, -0.2) is 39.1 Å². The number of ether oxygens (including phenoxy) is 2. The van der Waals surface area contributed by atoms with Gasteiger partial charge in [0, 0.05) is 18.7 Å². The molecule has 2 N–H and O–H groups in total. The third-order valence-electron chi connectivity index (χ3n) is 2.99. The smallest absolute Gasteiger partial charge is 0.251 e. The molecule has 6 heteroatoms. The predicted molar refractivity (Wildman–Crippen MR) is 88.9 cm³/mol. The molecule has 0 fully saturated rings. The van der Waals surface area contributed by atoms with Crippen molar-refractivity contribution in [3.05, 3.63) is 35.9 Å². The van der Waals surface area contributed by atoms with Crippen LogP contribution in [0.3, 0.4) is 0 Å². The van der Waals surface area contributed by atoms with Gasteiger partial charge in [0.25, 0.3) is 5.91 Å². The second-order valence-electron chi connectivity index (χ2n) is 5.22. The molecule has 0 radical (unpaired) electrons. The summed E-state index contributed by atoms with van der Waals surface area (Å²) in [4.78, 5) is 23.5. The van der Waals surface area contributed by atoms with Crippen LogP contribution in [-0.2, 0) is 4.79 Å². The molecule has 2 amide bonds. The number of carbonyl (C=O) groups is 2. The van der Waals surface area contributed by atoms with Crippen LogP contribution in [0.5, 0.6) is 11.5 Å². The first-order valence-electron chi connectivity index (χ1n) is 7.44. The third kappa shape index (κ3) is 6.42. The molecule has 0 aliphatic rings. The first-order chi connectivity index (χ1) is 11.0. The summed E-state index contributed by atoms with van der Waals surface area (Å²) in [6.45, 7) is 4.69. The van der Waals surface area contributed by atoms with Gasteiger partial charge in [0.1, 0.15) is 0 Å². The summed E-state index contributed by atoms with van der Waals surface area (Å²) in [5, 5.41) is 5.43. The summed E-state index contributed by atoms with van der Waals surface area (Å²) < 4.78 is 10.3. The van der Waals surface area contributed by atoms with E-state index >= 15 is 0 Å². The van der Waals surface area contributed by atoms with Gasteiger partial charge in [-0.25, -0.2) is 0 Å². The first-order valence-corrected chi connectivity index (χ1v) is 7.44. The van der Waals surface area contributed by atoms with Crippen molar-refractivity contribution < 1.29 is 19.1 Å². The van der Waals surface area contributed by atoms with Crippen molar-refractivity contribution in [1.82, 2.24) is 10.6 Å². The molecule has 1 aromatic rings. The van der Waals surface area contributed by atoms with E-state index in [0.29, 0.717) is 36.1 Å². The molecule has 0 saturated carbocycles. The van der Waals surface area contributed by atoms with E-state index in [4.69, 9.17) is 9.47 Å². The van der Waals surface area contributed by atoms with Crippen LogP contribution < -0.4 is 20.1 Å². The molecule has 0 aromatic heterocycles. The lowest BCUT2D eigenvalue weighted by Gasteiger charge is -2.10. The van der Waals surface area contributed by atoms with Gasteiger partial charge in [-0.1, -0.05) is 19.9 Å². The maximum absolute atomic E-state index is 12.0. The number of benzene rings is 1. The fourth-order valence-electron chi connectivity index (χ4n) is 1.78. The highest BCUT2D eigenvalue weighted by Crippen LogP contribution is 2.27. The van der Waals surface area contributed by atoms with Gasteiger partial charge in [-0.15, -0.1) is 0 Å². The summed E-state index contributed by atoms with van der Waals surface area (Å²) >= 11 is 0. The maximum atomic E-state index is 12.0. The predicted octanol–water partition coefficient (Wildman–Crippen LogP) is 1.76. The normalized spacial score (nSPS) is 10.7. The van der Waals surface area contributed by atoms with Gasteiger partial charge in [0.2, 0.25) is 5.91 Å². The molecule has 0 aliphatic heterocycles. The molecule has 23 heavy (non-hydrogen) atoms. The van der Waals surface area contributed by atoms with Crippen molar-refractivity contribution >= 4 is 11.8 Å². The zero-order valence-electron chi connectivity index (χ0n) is 14.0. The Morgan fingerprint density at radius 3 is 2.35 bits per heavy atom. The molecule has 6 nitrogen and oxygen atoms in total. The van der Waals surface area contributed by atoms with Crippen molar-refractivity contribution in [3.63, 3.8) is 0 Å². The standard InChI is InChI=1S/C17H24N2O4/c1-12(2)5-8-16(20)18-9-10-19-17(21)13-6-7-14(22-3)15(11-13)23-4/h5-8,11-12H,9-10H2,1-4H3,(H,18,20)(H,19,21)/b8-5+. The van der Waals surface area contributed by atoms with Crippen LogP contribution in [0.2, 0.25) is 0 Å². The van der Waals surface area contributed by atoms with Crippen molar-refractivity contribution in [3.8, 4) is 11.5 Å². The Labute approximate surface area is 136 Å². The van der Waals surface area contributed by atoms with Crippen LogP contribution in [0.4, 0.5) is 0 Å². The van der Waals surface area contributed by atoms with Crippen molar-refractivity contribution in [1.29, 1.82) is 0 Å². The highest BCUT2D eigenvalue weighted by Gasteiger charge is 2.10. The van der Waals surface area contributed by atoms with Crippen molar-refractivity contribution in [2.24, 2.45) is 5.92 Å². The fourth-order valence-corrected chi connectivity index (χ4v) is 1.78. The first kappa shape index (κ1) is 18.5. The average Bonchev–Trinajstić information content (AvgIpc) is 2.55. The molecule has 0 saturated heterocycles. The van der Waals surface area contributed by atoms with Crippen molar-refractivity contribution in [2.75, 3.05) is 27.3 Å². The second-order valence-corrected chi connectivity index (χ2v) is 5.22. The topological polar surface area (TPSA) is 76.7 Å². The maximum Gasteiger partial charge on any atom is 0.251 e. The number of carbonyl (C=O) groups excluding carboxylic acids is 2. The summed E-state index contributed by atoms with van der Waals surface area (Å²) in [5.74, 6) is 0.975.